The lowest BCUT2D eigenvalue weighted by Crippen LogP contribution is -2.55. The maximum absolute atomic E-state index is 15.3. The Kier molecular flexibility index (Phi) is 30.1. The van der Waals surface area contributed by atoms with E-state index in [2.05, 4.69) is 150 Å². The molecule has 20 unspecified atom stereocenters. The predicted molar refractivity (Wildman–Crippen MR) is 303 cm³/mol. The fourth-order valence-corrected chi connectivity index (χ4v) is 169. The molecular weight excluding hydrogens is 1090 g/mol. The standard InChI is InChI=1S/C20H55O5P25/c1-10(7-6-8-21)15-12(3)17(22)19(25-41(43(28)29)49(40-27)45(32)33)16-11(2)14(9-13(20(16,4)5)18(15)23-39-26)24-42(48(38)44(30)31)50(46(34)35)47(36)37/h8,12-15,18-19,39-40H,1,6-7,9,26-38H2,2-5H3/t12-,13?,14-,15+,18+,19+,41?,42?,48?,49?/m0/s1. The van der Waals surface area contributed by atoms with Crippen LogP contribution in [0.15, 0.2) is 23.3 Å². The minimum Gasteiger partial charge on any atom is -0.354 e. The molecule has 50 heavy (non-hydrogen) atoms. The molecule has 2 rings (SSSR count). The zero-order valence-corrected chi connectivity index (χ0v) is 54.3. The van der Waals surface area contributed by atoms with Gasteiger partial charge in [-0.3, -0.25) is 4.79 Å². The molecule has 0 aromatic heterocycles. The summed E-state index contributed by atoms with van der Waals surface area (Å²) in [5.74, 6) is -0.451. The lowest BCUT2D eigenvalue weighted by atomic mass is 9.55. The summed E-state index contributed by atoms with van der Waals surface area (Å²) in [6.07, 6.45) is 1.62. The molecule has 2 bridgehead atoms. The van der Waals surface area contributed by atoms with Gasteiger partial charge in [-0.1, -0.05) is 58.7 Å². The van der Waals surface area contributed by atoms with E-state index in [1.807, 2.05) is 0 Å². The van der Waals surface area contributed by atoms with Crippen LogP contribution in [-0.2, 0) is 23.2 Å². The van der Waals surface area contributed by atoms with Gasteiger partial charge < -0.3 is 18.4 Å². The number of hydrogen-bond acceptors (Lipinski definition) is 5. The molecule has 25 atom stereocenters. The second kappa shape index (κ2) is 27.0. The van der Waals surface area contributed by atoms with Crippen molar-refractivity contribution >= 4 is 216 Å². The van der Waals surface area contributed by atoms with Gasteiger partial charge in [0.15, 0.2) is 5.78 Å². The van der Waals surface area contributed by atoms with Crippen molar-refractivity contribution in [1.29, 1.82) is 0 Å². The smallest absolute Gasteiger partial charge is 0.169 e. The Balaban J connectivity index is 3.00. The zero-order chi connectivity index (χ0) is 38.4. The molecule has 0 aliphatic heterocycles. The second-order valence-electron chi connectivity index (χ2n) is 11.9. The average molecular weight is 1150 g/mol. The van der Waals surface area contributed by atoms with Gasteiger partial charge in [-0.15, -0.1) is 98.2 Å². The van der Waals surface area contributed by atoms with Crippen LogP contribution < -0.4 is 0 Å². The molecule has 0 saturated heterocycles. The molecule has 0 spiro atoms. The average Bonchev–Trinajstić information content (AvgIpc) is 3.01. The minimum absolute atomic E-state index is 0.0543. The first-order valence-electron chi connectivity index (χ1n) is 14.7. The Morgan fingerprint density at radius 3 is 1.94 bits per heavy atom. The molecule has 290 valence electrons. The van der Waals surface area contributed by atoms with Gasteiger partial charge in [0.05, 0.1) is 27.3 Å². The summed E-state index contributed by atoms with van der Waals surface area (Å²) < 4.78 is 21.8. The lowest BCUT2D eigenvalue weighted by molar-refractivity contribution is -0.134. The monoisotopic (exact) mass is 1150 g/mol. The van der Waals surface area contributed by atoms with Gasteiger partial charge in [-0.05, 0) is 77.2 Å². The number of carbonyl (C=O) groups is 2. The molecule has 0 N–H and O–H groups in total. The van der Waals surface area contributed by atoms with Crippen LogP contribution in [0.4, 0.5) is 0 Å². The molecule has 2 aliphatic rings. The summed E-state index contributed by atoms with van der Waals surface area (Å²) in [5.41, 5.74) is 2.80. The van der Waals surface area contributed by atoms with E-state index < -0.39 is 54.5 Å². The molecule has 1 fully saturated rings. The van der Waals surface area contributed by atoms with E-state index in [0.717, 1.165) is 23.9 Å². The second-order valence-corrected chi connectivity index (χ2v) is 96.4. The highest BCUT2D eigenvalue weighted by atomic mass is 33.2. The number of Topliss-reactive ketones (excluding diaryl/α,β-unsaturated/α-hetero) is 1. The van der Waals surface area contributed by atoms with Gasteiger partial charge in [0.2, 0.25) is 0 Å². The van der Waals surface area contributed by atoms with E-state index in [9.17, 15) is 4.79 Å². The SMILES string of the molecule is C=C(CCC=O)[C@@H]1[C@H](C)C(=O)[C@H](OP(P(P)P)P(PP)P(P)P)C2=C(C)[C@@H](OP(P(P)P(P)P)P(P(P)P)P(P)P)CC([C@H]1OPP)C2(C)C. The highest BCUT2D eigenvalue weighted by Crippen LogP contribution is 3.18. The van der Waals surface area contributed by atoms with Crippen molar-refractivity contribution < 1.29 is 23.2 Å². The Bertz CT molecular complexity index is 1160. The molecule has 0 amide bonds. The maximum atomic E-state index is 15.3. The van der Waals surface area contributed by atoms with Crippen LogP contribution >= 0.6 is 203 Å². The van der Waals surface area contributed by atoms with Crippen LogP contribution in [0.2, 0.25) is 0 Å². The molecule has 0 aromatic carbocycles. The molecule has 1 saturated carbocycles. The Morgan fingerprint density at radius 1 is 0.920 bits per heavy atom. The zero-order valence-electron chi connectivity index (χ0n) is 28.4. The number of carbonyl (C=O) groups excluding carboxylic acids is 2. The Labute approximate surface area is 347 Å². The first kappa shape index (κ1) is 55.6. The summed E-state index contributed by atoms with van der Waals surface area (Å²) >= 11 is 0. The molecule has 0 radical (unpaired) electrons. The first-order valence-corrected chi connectivity index (χ1v) is 57.8. The third-order valence-corrected chi connectivity index (χ3v) is 127. The van der Waals surface area contributed by atoms with Crippen molar-refractivity contribution in [3.8, 4) is 0 Å². The third kappa shape index (κ3) is 15.0. The summed E-state index contributed by atoms with van der Waals surface area (Å²) in [4.78, 5) is 26.8. The lowest BCUT2D eigenvalue weighted by Gasteiger charge is -2.54. The first-order chi connectivity index (χ1) is 23.2. The van der Waals surface area contributed by atoms with Gasteiger partial charge in [-0.2, -0.15) is 0 Å². The van der Waals surface area contributed by atoms with E-state index in [1.165, 1.54) is 5.57 Å². The van der Waals surface area contributed by atoms with Crippen molar-refractivity contribution in [2.45, 2.75) is 65.3 Å². The number of aldehydes is 1. The molecular formula is C20H55O5P25. The van der Waals surface area contributed by atoms with Crippen LogP contribution in [0.5, 0.6) is 0 Å². The molecule has 30 heteroatoms. The van der Waals surface area contributed by atoms with Crippen LogP contribution in [0.3, 0.4) is 0 Å². The van der Waals surface area contributed by atoms with E-state index in [-0.39, 0.29) is 72.2 Å². The topological polar surface area (TPSA) is 61.8 Å². The molecule has 0 aromatic rings. The maximum Gasteiger partial charge on any atom is 0.169 e. The van der Waals surface area contributed by atoms with Crippen molar-refractivity contribution in [2.24, 2.45) is 23.2 Å². The van der Waals surface area contributed by atoms with E-state index in [4.69, 9.17) is 13.6 Å². The minimum atomic E-state index is -0.894. The third-order valence-electron chi connectivity index (χ3n) is 8.61. The molecule has 2 aliphatic carbocycles. The van der Waals surface area contributed by atoms with Crippen molar-refractivity contribution in [2.75, 3.05) is 0 Å². The largest absolute Gasteiger partial charge is 0.354 e. The molecule has 0 heterocycles. The predicted octanol–water partition coefficient (Wildman–Crippen LogP) is 17.3. The van der Waals surface area contributed by atoms with Gasteiger partial charge in [0.1, 0.15) is 12.4 Å². The summed E-state index contributed by atoms with van der Waals surface area (Å²) in [6, 6.07) is 0. The van der Waals surface area contributed by atoms with E-state index in [1.54, 1.807) is 0 Å². The van der Waals surface area contributed by atoms with Gasteiger partial charge in [-0.25, -0.2) is 0 Å². The van der Waals surface area contributed by atoms with Gasteiger partial charge in [0, 0.05) is 47.7 Å². The number of fused-ring (bicyclic) bond motifs is 2. The quantitative estimate of drug-likeness (QED) is 0.0733. The molecule has 5 nitrogen and oxygen atoms in total. The van der Waals surface area contributed by atoms with Crippen LogP contribution in [-0.4, -0.2) is 30.4 Å². The van der Waals surface area contributed by atoms with Gasteiger partial charge in [0.25, 0.3) is 0 Å². The normalized spacial score (nSPS) is 28.9. The van der Waals surface area contributed by atoms with Crippen LogP contribution in [0.25, 0.3) is 0 Å². The van der Waals surface area contributed by atoms with Crippen molar-refractivity contribution in [3.63, 3.8) is 0 Å². The number of ketones is 1. The highest BCUT2D eigenvalue weighted by molar-refractivity contribution is 9.19. The number of hydrogen-bond donors (Lipinski definition) is 0. The summed E-state index contributed by atoms with van der Waals surface area (Å²) in [6.45, 7) is 10.1. The van der Waals surface area contributed by atoms with Crippen LogP contribution in [0.1, 0.15) is 47.0 Å². The van der Waals surface area contributed by atoms with E-state index >= 15 is 4.79 Å². The van der Waals surface area contributed by atoms with Crippen molar-refractivity contribution in [1.82, 2.24) is 0 Å². The fourth-order valence-electron chi connectivity index (χ4n) is 6.39. The van der Waals surface area contributed by atoms with Crippen LogP contribution in [0, 0.1) is 23.2 Å². The van der Waals surface area contributed by atoms with Crippen molar-refractivity contribution in [3.05, 3.63) is 23.3 Å². The number of rotatable bonds is 19. The Hall–Kier alpha value is 9.45. The van der Waals surface area contributed by atoms with E-state index in [0.29, 0.717) is 20.8 Å². The fraction of sp³-hybridized carbons (Fsp3) is 0.700. The summed E-state index contributed by atoms with van der Waals surface area (Å²) in [7, 11) is 39.1. The Morgan fingerprint density at radius 2 is 1.50 bits per heavy atom. The summed E-state index contributed by atoms with van der Waals surface area (Å²) in [5, 5.41) is 0. The highest BCUT2D eigenvalue weighted by Gasteiger charge is 2.57. The van der Waals surface area contributed by atoms with Gasteiger partial charge >= 0.3 is 0 Å².